The van der Waals surface area contributed by atoms with E-state index in [0.29, 0.717) is 10.6 Å². The molecule has 4 heteroatoms. The molecule has 0 saturated heterocycles. The molecular weight excluding hydrogens is 310 g/mol. The lowest BCUT2D eigenvalue weighted by Crippen LogP contribution is -2.45. The van der Waals surface area contributed by atoms with E-state index in [1.165, 1.54) is 0 Å². The fourth-order valence-corrected chi connectivity index (χ4v) is 3.83. The summed E-state index contributed by atoms with van der Waals surface area (Å²) in [5.74, 6) is -0.906. The highest BCUT2D eigenvalue weighted by atomic mass is 35.5. The third kappa shape index (κ3) is 2.81. The Bertz CT molecular complexity index is 767. The molecule has 2 N–H and O–H groups in total. The number of nitrogens with one attached hydrogen (secondary N) is 1. The third-order valence-electron chi connectivity index (χ3n) is 4.61. The van der Waals surface area contributed by atoms with Crippen LogP contribution in [0.15, 0.2) is 42.5 Å². The summed E-state index contributed by atoms with van der Waals surface area (Å²) in [7, 11) is 0. The summed E-state index contributed by atoms with van der Waals surface area (Å²) in [6, 6.07) is 13.1. The number of benzene rings is 2. The van der Waals surface area contributed by atoms with Crippen molar-refractivity contribution in [2.75, 3.05) is 5.32 Å². The van der Waals surface area contributed by atoms with Crippen molar-refractivity contribution in [1.29, 1.82) is 0 Å². The summed E-state index contributed by atoms with van der Waals surface area (Å²) >= 11 is 6.03. The number of rotatable bonds is 2. The van der Waals surface area contributed by atoms with Crippen LogP contribution in [0.1, 0.15) is 48.7 Å². The fraction of sp³-hybridized carbons (Fsp3) is 0.316. The molecule has 1 unspecified atom stereocenters. The largest absolute Gasteiger partial charge is 0.478 e. The zero-order chi connectivity index (χ0) is 16.8. The number of hydrogen-bond acceptors (Lipinski definition) is 2. The minimum Gasteiger partial charge on any atom is -0.478 e. The van der Waals surface area contributed by atoms with Gasteiger partial charge in [-0.1, -0.05) is 30.7 Å². The van der Waals surface area contributed by atoms with Gasteiger partial charge in [-0.15, -0.1) is 0 Å². The highest BCUT2D eigenvalue weighted by Gasteiger charge is 2.41. The highest BCUT2D eigenvalue weighted by Crippen LogP contribution is 2.47. The predicted octanol–water partition coefficient (Wildman–Crippen LogP) is 4.94. The third-order valence-corrected chi connectivity index (χ3v) is 4.86. The predicted molar refractivity (Wildman–Crippen MR) is 93.6 cm³/mol. The Labute approximate surface area is 141 Å². The van der Waals surface area contributed by atoms with E-state index in [0.717, 1.165) is 23.2 Å². The summed E-state index contributed by atoms with van der Waals surface area (Å²) in [4.78, 5) is 11.4. The van der Waals surface area contributed by atoms with E-state index in [4.69, 9.17) is 11.6 Å². The van der Waals surface area contributed by atoms with Gasteiger partial charge in [0.2, 0.25) is 0 Å². The maximum Gasteiger partial charge on any atom is 0.335 e. The first-order valence-electron chi connectivity index (χ1n) is 7.63. The molecule has 1 aliphatic heterocycles. The van der Waals surface area contributed by atoms with Crippen LogP contribution in [0.25, 0.3) is 0 Å². The second kappa shape index (κ2) is 5.27. The monoisotopic (exact) mass is 329 g/mol. The molecule has 0 radical (unpaired) electrons. The number of aromatic carboxylic acids is 1. The van der Waals surface area contributed by atoms with Gasteiger partial charge in [-0.2, -0.15) is 0 Å². The smallest absolute Gasteiger partial charge is 0.335 e. The maximum absolute atomic E-state index is 11.4. The lowest BCUT2D eigenvalue weighted by atomic mass is 9.66. The molecule has 2 aromatic rings. The Hall–Kier alpha value is -2.00. The summed E-state index contributed by atoms with van der Waals surface area (Å²) in [5, 5.41) is 13.5. The quantitative estimate of drug-likeness (QED) is 0.820. The lowest BCUT2D eigenvalue weighted by molar-refractivity contribution is 0.0696. The van der Waals surface area contributed by atoms with Gasteiger partial charge >= 0.3 is 5.97 Å². The molecule has 1 heterocycles. The van der Waals surface area contributed by atoms with E-state index < -0.39 is 5.97 Å². The van der Waals surface area contributed by atoms with Gasteiger partial charge in [0.1, 0.15) is 0 Å². The number of hydrogen-bond donors (Lipinski definition) is 2. The van der Waals surface area contributed by atoms with Crippen LogP contribution in [0.4, 0.5) is 5.69 Å². The molecule has 0 spiro atoms. The van der Waals surface area contributed by atoms with Gasteiger partial charge in [-0.3, -0.25) is 0 Å². The Morgan fingerprint density at radius 3 is 2.39 bits per heavy atom. The van der Waals surface area contributed by atoms with Crippen molar-refractivity contribution >= 4 is 23.3 Å². The van der Waals surface area contributed by atoms with E-state index in [1.807, 2.05) is 30.3 Å². The van der Waals surface area contributed by atoms with E-state index in [2.05, 4.69) is 26.1 Å². The van der Waals surface area contributed by atoms with Crippen LogP contribution in [0, 0.1) is 0 Å². The molecule has 0 fully saturated rings. The summed E-state index contributed by atoms with van der Waals surface area (Å²) < 4.78 is 0. The highest BCUT2D eigenvalue weighted by molar-refractivity contribution is 6.30. The van der Waals surface area contributed by atoms with Crippen LogP contribution in [-0.4, -0.2) is 16.6 Å². The Balaban J connectivity index is 2.22. The van der Waals surface area contributed by atoms with Crippen LogP contribution in [0.5, 0.6) is 0 Å². The van der Waals surface area contributed by atoms with Gasteiger partial charge in [0.25, 0.3) is 0 Å². The number of carboxylic acid groups (broad SMARTS) is 1. The SMILES string of the molecule is CC1(C)CC(C)(c2ccc(Cl)cc2)c2cc(C(=O)O)ccc2N1. The molecule has 1 atom stereocenters. The van der Waals surface area contributed by atoms with Crippen molar-refractivity contribution in [2.24, 2.45) is 0 Å². The molecule has 0 amide bonds. The van der Waals surface area contributed by atoms with Crippen molar-refractivity contribution in [1.82, 2.24) is 0 Å². The topological polar surface area (TPSA) is 49.3 Å². The first-order valence-corrected chi connectivity index (χ1v) is 8.01. The number of anilines is 1. The first-order chi connectivity index (χ1) is 10.7. The van der Waals surface area contributed by atoms with E-state index >= 15 is 0 Å². The van der Waals surface area contributed by atoms with Crippen molar-refractivity contribution < 1.29 is 9.90 Å². The van der Waals surface area contributed by atoms with Crippen LogP contribution in [-0.2, 0) is 5.41 Å². The fourth-order valence-electron chi connectivity index (χ4n) is 3.71. The second-order valence-corrected chi connectivity index (χ2v) is 7.53. The van der Waals surface area contributed by atoms with Gasteiger partial charge in [0.05, 0.1) is 5.56 Å². The summed E-state index contributed by atoms with van der Waals surface area (Å²) in [6.45, 7) is 6.49. The minimum atomic E-state index is -0.906. The van der Waals surface area contributed by atoms with Crippen LogP contribution in [0.3, 0.4) is 0 Å². The average Bonchev–Trinajstić information content (AvgIpc) is 2.46. The van der Waals surface area contributed by atoms with E-state index in [9.17, 15) is 9.90 Å². The number of carboxylic acids is 1. The standard InChI is InChI=1S/C19H20ClNO2/c1-18(2)11-19(3,13-5-7-14(20)8-6-13)15-10-12(17(22)23)4-9-16(15)21-18/h4-10,21H,11H2,1-3H3,(H,22,23). The van der Waals surface area contributed by atoms with Gasteiger partial charge in [0.15, 0.2) is 0 Å². The van der Waals surface area contributed by atoms with Crippen LogP contribution in [0.2, 0.25) is 5.02 Å². The average molecular weight is 330 g/mol. The summed E-state index contributed by atoms with van der Waals surface area (Å²) in [5.41, 5.74) is 3.08. The lowest BCUT2D eigenvalue weighted by Gasteiger charge is -2.46. The molecule has 120 valence electrons. The van der Waals surface area contributed by atoms with Crippen molar-refractivity contribution in [3.8, 4) is 0 Å². The molecule has 3 nitrogen and oxygen atoms in total. The van der Waals surface area contributed by atoms with Gasteiger partial charge < -0.3 is 10.4 Å². The minimum absolute atomic E-state index is 0.0911. The Morgan fingerprint density at radius 2 is 1.78 bits per heavy atom. The van der Waals surface area contributed by atoms with Crippen molar-refractivity contribution in [3.05, 3.63) is 64.2 Å². The first kappa shape index (κ1) is 15.9. The molecule has 3 rings (SSSR count). The zero-order valence-corrected chi connectivity index (χ0v) is 14.2. The van der Waals surface area contributed by atoms with Crippen LogP contribution < -0.4 is 5.32 Å². The van der Waals surface area contributed by atoms with Gasteiger partial charge in [-0.25, -0.2) is 4.79 Å². The number of fused-ring (bicyclic) bond motifs is 1. The Morgan fingerprint density at radius 1 is 1.13 bits per heavy atom. The molecule has 23 heavy (non-hydrogen) atoms. The zero-order valence-electron chi connectivity index (χ0n) is 13.5. The molecule has 0 aromatic heterocycles. The van der Waals surface area contributed by atoms with Crippen molar-refractivity contribution in [3.63, 3.8) is 0 Å². The van der Waals surface area contributed by atoms with Gasteiger partial charge in [0, 0.05) is 21.7 Å². The molecule has 0 saturated carbocycles. The molecule has 2 aromatic carbocycles. The van der Waals surface area contributed by atoms with Crippen LogP contribution >= 0.6 is 11.6 Å². The number of carbonyl (C=O) groups is 1. The second-order valence-electron chi connectivity index (χ2n) is 7.09. The molecule has 1 aliphatic rings. The maximum atomic E-state index is 11.4. The van der Waals surface area contributed by atoms with E-state index in [-0.39, 0.29) is 11.0 Å². The number of halogens is 1. The van der Waals surface area contributed by atoms with E-state index in [1.54, 1.807) is 12.1 Å². The normalized spacial score (nSPS) is 22.1. The molecule has 0 aliphatic carbocycles. The molecule has 0 bridgehead atoms. The molecular formula is C19H20ClNO2. The van der Waals surface area contributed by atoms with Gasteiger partial charge in [-0.05, 0) is 61.7 Å². The summed E-state index contributed by atoms with van der Waals surface area (Å²) in [6.07, 6.45) is 0.859. The van der Waals surface area contributed by atoms with Crippen molar-refractivity contribution in [2.45, 2.75) is 38.1 Å². The Kier molecular flexibility index (Phi) is 3.64.